The van der Waals surface area contributed by atoms with Gasteiger partial charge in [0.15, 0.2) is 5.60 Å². The molecule has 0 spiro atoms. The number of aliphatic hydroxyl groups is 1. The van der Waals surface area contributed by atoms with Gasteiger partial charge in [0, 0.05) is 67.1 Å². The third-order valence-electron chi connectivity index (χ3n) is 14.2. The molecule has 2 aromatic carbocycles. The summed E-state index contributed by atoms with van der Waals surface area (Å²) in [5, 5.41) is 22.7. The Morgan fingerprint density at radius 3 is 2.33 bits per heavy atom. The van der Waals surface area contributed by atoms with E-state index in [1.54, 1.807) is 50.2 Å². The maximum absolute atomic E-state index is 15.5. The first kappa shape index (κ1) is 53.2. The van der Waals surface area contributed by atoms with Crippen molar-refractivity contribution in [3.05, 3.63) is 110 Å². The topological polar surface area (TPSA) is 299 Å². The van der Waals surface area contributed by atoms with Crippen LogP contribution in [0, 0.1) is 12.7 Å². The second-order valence-electron chi connectivity index (χ2n) is 19.1. The third kappa shape index (κ3) is 11.3. The van der Waals surface area contributed by atoms with Crippen LogP contribution in [0.3, 0.4) is 0 Å². The van der Waals surface area contributed by atoms with E-state index in [0.29, 0.717) is 76.6 Å². The number of benzene rings is 2. The van der Waals surface area contributed by atoms with Gasteiger partial charge in [-0.1, -0.05) is 43.7 Å². The third-order valence-corrected chi connectivity index (χ3v) is 14.2. The Morgan fingerprint density at radius 2 is 1.61 bits per heavy atom. The number of rotatable bonds is 22. The SMILES string of the molecule is CC[C@@]1(O)C(=O)OCc2c1cc1n(c2=O)Cc2c-1nc1cc(F)c(C)c3c1c2[C@@H](NC(=O)CCCN(CC(N)=O)C(=O)[C@H](Cc1ccccc1)NC(=O)CNC(=O)CNC(=O)CCCCCN1C(=O)C=CC1=O)CC3. The van der Waals surface area contributed by atoms with E-state index in [0.717, 1.165) is 15.4 Å². The van der Waals surface area contributed by atoms with Crippen LogP contribution in [0.1, 0.15) is 103 Å². The Morgan fingerprint density at radius 1 is 0.907 bits per heavy atom. The zero-order chi connectivity index (χ0) is 53.7. The summed E-state index contributed by atoms with van der Waals surface area (Å²) in [6, 6.07) is 9.77. The Labute approximate surface area is 429 Å². The van der Waals surface area contributed by atoms with Crippen LogP contribution >= 0.6 is 0 Å². The quantitative estimate of drug-likeness (QED) is 0.0323. The van der Waals surface area contributed by atoms with Gasteiger partial charge in [-0.15, -0.1) is 0 Å². The number of halogens is 1. The number of unbranched alkanes of at least 4 members (excludes halogenated alkanes) is 2. The molecule has 0 saturated carbocycles. The van der Waals surface area contributed by atoms with E-state index >= 15 is 4.39 Å². The molecule has 3 atom stereocenters. The van der Waals surface area contributed by atoms with Crippen LogP contribution in [0.15, 0.2) is 59.4 Å². The minimum absolute atomic E-state index is 0.00601. The van der Waals surface area contributed by atoms with E-state index in [9.17, 15) is 53.1 Å². The molecule has 4 aromatic rings. The first-order valence-electron chi connectivity index (χ1n) is 25.0. The molecule has 22 heteroatoms. The fraction of sp³-hybridized carbons (Fsp3) is 0.415. The zero-order valence-electron chi connectivity index (χ0n) is 41.6. The number of ether oxygens (including phenoxy) is 1. The highest BCUT2D eigenvalue weighted by molar-refractivity contribution is 6.12. The zero-order valence-corrected chi connectivity index (χ0v) is 41.6. The first-order valence-corrected chi connectivity index (χ1v) is 25.0. The van der Waals surface area contributed by atoms with Crippen LogP contribution in [0.5, 0.6) is 0 Å². The average Bonchev–Trinajstić information content (AvgIpc) is 3.92. The van der Waals surface area contributed by atoms with Crippen LogP contribution in [0.4, 0.5) is 4.39 Å². The van der Waals surface area contributed by atoms with E-state index in [1.807, 2.05) is 0 Å². The lowest BCUT2D eigenvalue weighted by Gasteiger charge is -2.31. The number of hydrogen-bond donors (Lipinski definition) is 6. The number of nitrogens with two attached hydrogens (primary N) is 1. The summed E-state index contributed by atoms with van der Waals surface area (Å²) in [6.07, 6.45) is 4.65. The maximum Gasteiger partial charge on any atom is 0.343 e. The van der Waals surface area contributed by atoms with Crippen LogP contribution in [-0.2, 0) is 79.5 Å². The molecule has 7 N–H and O–H groups in total. The number of aryl methyl sites for hydroxylation is 1. The number of aromatic nitrogens is 2. The number of primary amides is 1. The summed E-state index contributed by atoms with van der Waals surface area (Å²) in [4.78, 5) is 136. The normalized spacial score (nSPS) is 17.4. The molecule has 4 aliphatic rings. The van der Waals surface area contributed by atoms with E-state index in [4.69, 9.17) is 15.5 Å². The number of cyclic esters (lactones) is 1. The highest BCUT2D eigenvalue weighted by Crippen LogP contribution is 2.46. The molecule has 21 nitrogen and oxygen atoms in total. The van der Waals surface area contributed by atoms with Crippen molar-refractivity contribution in [2.45, 2.75) is 109 Å². The lowest BCUT2D eigenvalue weighted by atomic mass is 9.81. The van der Waals surface area contributed by atoms with E-state index < -0.39 is 90.1 Å². The van der Waals surface area contributed by atoms with Crippen molar-refractivity contribution in [1.29, 1.82) is 0 Å². The molecule has 0 radical (unpaired) electrons. The fourth-order valence-corrected chi connectivity index (χ4v) is 10.3. The van der Waals surface area contributed by atoms with Crippen molar-refractivity contribution < 1.29 is 57.4 Å². The molecule has 8 amide bonds. The highest BCUT2D eigenvalue weighted by atomic mass is 19.1. The molecule has 0 saturated heterocycles. The van der Waals surface area contributed by atoms with E-state index in [-0.39, 0.29) is 81.3 Å². The average molecular weight is 1030 g/mol. The van der Waals surface area contributed by atoms with Gasteiger partial charge in [0.1, 0.15) is 18.5 Å². The number of nitrogens with one attached hydrogen (secondary N) is 4. The number of carbonyl (C=O) groups is 9. The Balaban J connectivity index is 0.901. The fourth-order valence-electron chi connectivity index (χ4n) is 10.3. The second kappa shape index (κ2) is 22.5. The molecule has 394 valence electrons. The Bertz CT molecular complexity index is 3100. The number of imide groups is 1. The maximum atomic E-state index is 15.5. The molecule has 1 aliphatic carbocycles. The second-order valence-corrected chi connectivity index (χ2v) is 19.1. The molecule has 2 aromatic heterocycles. The number of carbonyl (C=O) groups excluding carboxylic acids is 9. The van der Waals surface area contributed by atoms with E-state index in [2.05, 4.69) is 21.3 Å². The summed E-state index contributed by atoms with van der Waals surface area (Å²) >= 11 is 0. The summed E-state index contributed by atoms with van der Waals surface area (Å²) in [5.41, 5.74) is 7.40. The van der Waals surface area contributed by atoms with Crippen LogP contribution in [0.25, 0.3) is 22.3 Å². The number of pyridine rings is 2. The van der Waals surface area contributed by atoms with Crippen LogP contribution < -0.4 is 32.6 Å². The van der Waals surface area contributed by atoms with Gasteiger partial charge in [-0.2, -0.15) is 0 Å². The van der Waals surface area contributed by atoms with Crippen LogP contribution in [0.2, 0.25) is 0 Å². The van der Waals surface area contributed by atoms with Crippen LogP contribution in [-0.4, -0.2) is 116 Å². The van der Waals surface area contributed by atoms with Gasteiger partial charge in [-0.3, -0.25) is 48.1 Å². The summed E-state index contributed by atoms with van der Waals surface area (Å²) in [6.45, 7) is 1.59. The predicted molar refractivity (Wildman–Crippen MR) is 266 cm³/mol. The molecular formula is C53H58FN9O12. The van der Waals surface area contributed by atoms with E-state index in [1.165, 1.54) is 22.8 Å². The monoisotopic (exact) mass is 1030 g/mol. The minimum atomic E-state index is -2.06. The van der Waals surface area contributed by atoms with Crippen molar-refractivity contribution in [3.8, 4) is 11.4 Å². The van der Waals surface area contributed by atoms with Crippen molar-refractivity contribution >= 4 is 64.1 Å². The lowest BCUT2D eigenvalue weighted by Crippen LogP contribution is -2.53. The molecule has 75 heavy (non-hydrogen) atoms. The number of esters is 1. The molecular weight excluding hydrogens is 974 g/mol. The van der Waals surface area contributed by atoms with Crippen molar-refractivity contribution in [1.82, 2.24) is 40.6 Å². The highest BCUT2D eigenvalue weighted by Gasteiger charge is 2.46. The summed E-state index contributed by atoms with van der Waals surface area (Å²) in [5.74, 6) is -5.85. The van der Waals surface area contributed by atoms with Crippen molar-refractivity contribution in [2.75, 3.05) is 32.7 Å². The smallest absolute Gasteiger partial charge is 0.343 e. The number of hydrogen-bond acceptors (Lipinski definition) is 13. The largest absolute Gasteiger partial charge is 0.458 e. The van der Waals surface area contributed by atoms with Gasteiger partial charge in [-0.05, 0) is 73.8 Å². The van der Waals surface area contributed by atoms with Gasteiger partial charge in [-0.25, -0.2) is 14.2 Å². The van der Waals surface area contributed by atoms with Crippen molar-refractivity contribution in [2.24, 2.45) is 5.73 Å². The van der Waals surface area contributed by atoms with Gasteiger partial charge < -0.3 is 46.3 Å². The molecule has 0 unspecified atom stereocenters. The van der Waals surface area contributed by atoms with Gasteiger partial charge in [0.05, 0.1) is 54.7 Å². The molecule has 8 rings (SSSR count). The Kier molecular flexibility index (Phi) is 16.0. The lowest BCUT2D eigenvalue weighted by molar-refractivity contribution is -0.172. The molecule has 0 fully saturated rings. The number of amides is 8. The first-order chi connectivity index (χ1) is 35.9. The minimum Gasteiger partial charge on any atom is -0.458 e. The van der Waals surface area contributed by atoms with Crippen molar-refractivity contribution in [3.63, 3.8) is 0 Å². The predicted octanol–water partition coefficient (Wildman–Crippen LogP) is 1.17. The molecule has 5 heterocycles. The van der Waals surface area contributed by atoms with Gasteiger partial charge >= 0.3 is 5.97 Å². The van der Waals surface area contributed by atoms with Gasteiger partial charge in [0.25, 0.3) is 17.4 Å². The summed E-state index contributed by atoms with van der Waals surface area (Å²) in [7, 11) is 0. The van der Waals surface area contributed by atoms with Gasteiger partial charge in [0.2, 0.25) is 35.4 Å². The Hall–Kier alpha value is -8.14. The summed E-state index contributed by atoms with van der Waals surface area (Å²) < 4.78 is 22.2. The molecule has 0 bridgehead atoms. The number of fused-ring (bicyclic) bond motifs is 5. The number of nitrogens with zero attached hydrogens (tertiary/aromatic N) is 4. The standard InChI is InChI=1S/C53H58FN9O12/c1-3-53(74)34-22-39-49-32(26-63(39)50(71)33(34)28-75-52(53)73)48-36(16-15-31-29(2)35(54)23-37(60-49)47(31)48)58-42(66)14-10-19-61(27-40(55)64)51(72)38(21-30-11-6-4-7-12-30)59-44(68)25-57-43(67)24-56-41(65)13-8-5-9-20-62-45(69)17-18-46(62)70/h4,6-7,11-12,17-18,22-23,36,38,74H,3,5,8-10,13-16,19-21,24-28H2,1-2H3,(H2,55,64)(H,56,65)(H,57,67)(H,58,66)(H,59,68)/t36-,38-,53-/m0/s1. The molecule has 3 aliphatic heterocycles.